The van der Waals surface area contributed by atoms with Crippen molar-refractivity contribution >= 4 is 0 Å². The second-order valence-corrected chi connectivity index (χ2v) is 5.02. The van der Waals surface area contributed by atoms with Crippen LogP contribution < -0.4 is 0 Å². The standard InChI is InChI=1S/C13H12FN3/c14-9-1-2-11(15-8-9)12-7-10-3-4-13(5-6-13)17(10)16-12/h1-2,7-8H,3-6H2. The normalized spacial score (nSPS) is 19.6. The summed E-state index contributed by atoms with van der Waals surface area (Å²) in [6.07, 6.45) is 6.07. The molecule has 0 atom stereocenters. The van der Waals surface area contributed by atoms with Gasteiger partial charge in [0.15, 0.2) is 0 Å². The highest BCUT2D eigenvalue weighted by atomic mass is 19.1. The van der Waals surface area contributed by atoms with Crippen LogP contribution >= 0.6 is 0 Å². The van der Waals surface area contributed by atoms with E-state index in [4.69, 9.17) is 0 Å². The first-order valence-corrected chi connectivity index (χ1v) is 5.98. The van der Waals surface area contributed by atoms with Gasteiger partial charge in [-0.3, -0.25) is 9.67 Å². The van der Waals surface area contributed by atoms with E-state index in [1.165, 1.54) is 37.2 Å². The summed E-state index contributed by atoms with van der Waals surface area (Å²) in [7, 11) is 0. The van der Waals surface area contributed by atoms with Crippen molar-refractivity contribution in [2.45, 2.75) is 31.2 Å². The molecule has 0 aromatic carbocycles. The number of fused-ring (bicyclic) bond motifs is 2. The lowest BCUT2D eigenvalue weighted by Gasteiger charge is -2.07. The van der Waals surface area contributed by atoms with E-state index in [-0.39, 0.29) is 5.82 Å². The number of aromatic nitrogens is 3. The Morgan fingerprint density at radius 2 is 2.06 bits per heavy atom. The molecule has 3 nitrogen and oxygen atoms in total. The number of hydrogen-bond donors (Lipinski definition) is 0. The van der Waals surface area contributed by atoms with E-state index >= 15 is 0 Å². The molecule has 0 radical (unpaired) electrons. The average Bonchev–Trinajstić information content (AvgIpc) is 2.88. The maximum atomic E-state index is 12.8. The van der Waals surface area contributed by atoms with Gasteiger partial charge in [-0.2, -0.15) is 5.10 Å². The monoisotopic (exact) mass is 229 g/mol. The van der Waals surface area contributed by atoms with Crippen LogP contribution in [-0.2, 0) is 12.0 Å². The minimum atomic E-state index is -0.306. The maximum Gasteiger partial charge on any atom is 0.141 e. The molecule has 0 bridgehead atoms. The van der Waals surface area contributed by atoms with Crippen molar-refractivity contribution in [3.63, 3.8) is 0 Å². The Hall–Kier alpha value is -1.71. The van der Waals surface area contributed by atoms with Gasteiger partial charge in [0, 0.05) is 5.69 Å². The maximum absolute atomic E-state index is 12.8. The summed E-state index contributed by atoms with van der Waals surface area (Å²) in [5.41, 5.74) is 3.24. The summed E-state index contributed by atoms with van der Waals surface area (Å²) >= 11 is 0. The smallest absolute Gasteiger partial charge is 0.141 e. The Morgan fingerprint density at radius 3 is 2.76 bits per heavy atom. The Bertz CT molecular complexity index is 581. The lowest BCUT2D eigenvalue weighted by Crippen LogP contribution is -2.12. The lowest BCUT2D eigenvalue weighted by molar-refractivity contribution is 0.460. The average molecular weight is 229 g/mol. The molecule has 0 unspecified atom stereocenters. The summed E-state index contributed by atoms with van der Waals surface area (Å²) in [4.78, 5) is 4.08. The van der Waals surface area contributed by atoms with Crippen molar-refractivity contribution in [3.05, 3.63) is 35.9 Å². The molecule has 3 heterocycles. The van der Waals surface area contributed by atoms with E-state index in [9.17, 15) is 4.39 Å². The second kappa shape index (κ2) is 2.94. The molecular formula is C13H12FN3. The number of aryl methyl sites for hydroxylation is 1. The molecule has 0 amide bonds. The van der Waals surface area contributed by atoms with Gasteiger partial charge in [0.1, 0.15) is 11.5 Å². The molecule has 0 N–H and O–H groups in total. The predicted octanol–water partition coefficient (Wildman–Crippen LogP) is 2.52. The molecule has 4 heteroatoms. The zero-order chi connectivity index (χ0) is 11.5. The number of pyridine rings is 1. The van der Waals surface area contributed by atoms with Crippen molar-refractivity contribution in [1.29, 1.82) is 0 Å². The van der Waals surface area contributed by atoms with E-state index in [0.29, 0.717) is 5.54 Å². The van der Waals surface area contributed by atoms with E-state index in [0.717, 1.165) is 17.8 Å². The topological polar surface area (TPSA) is 30.7 Å². The third-order valence-corrected chi connectivity index (χ3v) is 3.90. The second-order valence-electron chi connectivity index (χ2n) is 5.02. The molecule has 1 spiro atoms. The fourth-order valence-electron chi connectivity index (χ4n) is 2.73. The van der Waals surface area contributed by atoms with Gasteiger partial charge in [0.25, 0.3) is 0 Å². The van der Waals surface area contributed by atoms with E-state index < -0.39 is 0 Å². The van der Waals surface area contributed by atoms with Crippen LogP contribution in [0, 0.1) is 5.82 Å². The Balaban J connectivity index is 1.79. The molecule has 1 fully saturated rings. The largest absolute Gasteiger partial charge is 0.263 e. The summed E-state index contributed by atoms with van der Waals surface area (Å²) in [5, 5.41) is 4.64. The third-order valence-electron chi connectivity index (χ3n) is 3.90. The van der Waals surface area contributed by atoms with E-state index in [2.05, 4.69) is 20.8 Å². The van der Waals surface area contributed by atoms with Crippen molar-refractivity contribution in [1.82, 2.24) is 14.8 Å². The Labute approximate surface area is 98.3 Å². The van der Waals surface area contributed by atoms with Crippen molar-refractivity contribution in [2.75, 3.05) is 0 Å². The molecular weight excluding hydrogens is 217 g/mol. The van der Waals surface area contributed by atoms with Crippen LogP contribution in [0.15, 0.2) is 24.4 Å². The first-order valence-electron chi connectivity index (χ1n) is 5.98. The van der Waals surface area contributed by atoms with Crippen LogP contribution in [0.2, 0.25) is 0 Å². The third kappa shape index (κ3) is 1.27. The SMILES string of the molecule is Fc1ccc(-c2cc3n(n2)C2(CC3)CC2)nc1. The first kappa shape index (κ1) is 9.33. The number of rotatable bonds is 1. The van der Waals surface area contributed by atoms with Crippen LogP contribution in [0.3, 0.4) is 0 Å². The number of hydrogen-bond acceptors (Lipinski definition) is 2. The fraction of sp³-hybridized carbons (Fsp3) is 0.385. The van der Waals surface area contributed by atoms with Crippen LogP contribution in [0.1, 0.15) is 25.0 Å². The molecule has 1 saturated carbocycles. The minimum Gasteiger partial charge on any atom is -0.263 e. The van der Waals surface area contributed by atoms with Gasteiger partial charge in [-0.25, -0.2) is 4.39 Å². The van der Waals surface area contributed by atoms with Gasteiger partial charge < -0.3 is 0 Å². The highest BCUT2D eigenvalue weighted by molar-refractivity contribution is 5.54. The minimum absolute atomic E-state index is 0.306. The van der Waals surface area contributed by atoms with Gasteiger partial charge in [-0.05, 0) is 43.9 Å². The molecule has 1 aliphatic carbocycles. The molecule has 0 saturated heterocycles. The van der Waals surface area contributed by atoms with Gasteiger partial charge in [0.05, 0.1) is 17.4 Å². The molecule has 2 aliphatic rings. The molecule has 86 valence electrons. The molecule has 4 rings (SSSR count). The Morgan fingerprint density at radius 1 is 1.18 bits per heavy atom. The van der Waals surface area contributed by atoms with Crippen LogP contribution in [-0.4, -0.2) is 14.8 Å². The van der Waals surface area contributed by atoms with Gasteiger partial charge in [-0.15, -0.1) is 0 Å². The van der Waals surface area contributed by atoms with E-state index in [1.54, 1.807) is 6.07 Å². The fourth-order valence-corrected chi connectivity index (χ4v) is 2.73. The molecule has 17 heavy (non-hydrogen) atoms. The highest BCUT2D eigenvalue weighted by Gasteiger charge is 2.49. The van der Waals surface area contributed by atoms with Crippen molar-refractivity contribution in [3.8, 4) is 11.4 Å². The highest BCUT2D eigenvalue weighted by Crippen LogP contribution is 2.51. The predicted molar refractivity (Wildman–Crippen MR) is 60.9 cm³/mol. The summed E-state index contributed by atoms with van der Waals surface area (Å²) in [6, 6.07) is 5.21. The van der Waals surface area contributed by atoms with Gasteiger partial charge in [0.2, 0.25) is 0 Å². The quantitative estimate of drug-likeness (QED) is 0.752. The first-order chi connectivity index (χ1) is 8.27. The van der Waals surface area contributed by atoms with Crippen molar-refractivity contribution in [2.24, 2.45) is 0 Å². The molecule has 2 aromatic heterocycles. The van der Waals surface area contributed by atoms with E-state index in [1.807, 2.05) is 0 Å². The van der Waals surface area contributed by atoms with Gasteiger partial charge in [-0.1, -0.05) is 0 Å². The van der Waals surface area contributed by atoms with Gasteiger partial charge >= 0.3 is 0 Å². The summed E-state index contributed by atoms with van der Waals surface area (Å²) in [5.74, 6) is -0.306. The zero-order valence-electron chi connectivity index (χ0n) is 9.36. The van der Waals surface area contributed by atoms with Crippen molar-refractivity contribution < 1.29 is 4.39 Å². The molecule has 2 aromatic rings. The summed E-state index contributed by atoms with van der Waals surface area (Å²) < 4.78 is 15.0. The summed E-state index contributed by atoms with van der Waals surface area (Å²) in [6.45, 7) is 0. The number of halogens is 1. The molecule has 1 aliphatic heterocycles. The zero-order valence-corrected chi connectivity index (χ0v) is 9.36. The number of nitrogens with zero attached hydrogens (tertiary/aromatic N) is 3. The van der Waals surface area contributed by atoms with Crippen LogP contribution in [0.4, 0.5) is 4.39 Å². The lowest BCUT2D eigenvalue weighted by atomic mass is 10.1. The Kier molecular flexibility index (Phi) is 1.62. The van der Waals surface area contributed by atoms with Crippen LogP contribution in [0.5, 0.6) is 0 Å². The van der Waals surface area contributed by atoms with Crippen LogP contribution in [0.25, 0.3) is 11.4 Å².